The van der Waals surface area contributed by atoms with Gasteiger partial charge < -0.3 is 0 Å². The molecule has 0 saturated carbocycles. The summed E-state index contributed by atoms with van der Waals surface area (Å²) in [5, 5.41) is 0.557. The predicted molar refractivity (Wildman–Crippen MR) is 58.7 cm³/mol. The van der Waals surface area contributed by atoms with Gasteiger partial charge in [-0.2, -0.15) is 0 Å². The summed E-state index contributed by atoms with van der Waals surface area (Å²) in [6.07, 6.45) is 0. The maximum absolute atomic E-state index is 5.82. The van der Waals surface area contributed by atoms with Gasteiger partial charge in [0.2, 0.25) is 0 Å². The summed E-state index contributed by atoms with van der Waals surface area (Å²) in [4.78, 5) is 0.704. The molecule has 0 bridgehead atoms. The highest BCUT2D eigenvalue weighted by molar-refractivity contribution is 7.95. The Kier molecular flexibility index (Phi) is 4.49. The summed E-state index contributed by atoms with van der Waals surface area (Å²) in [6, 6.07) is 7.12. The van der Waals surface area contributed by atoms with Crippen LogP contribution in [-0.4, -0.2) is 3.98 Å². The maximum atomic E-state index is 5.82. The van der Waals surface area contributed by atoms with Crippen LogP contribution in [0.15, 0.2) is 29.2 Å². The first-order valence-electron chi connectivity index (χ1n) is 3.16. The Balaban J connectivity index is 2.60. The normalized spacial score (nSPS) is 11.7. The molecule has 13 heavy (non-hydrogen) atoms. The van der Waals surface area contributed by atoms with Crippen LogP contribution >= 0.6 is 58.4 Å². The average Bonchev–Trinajstić information content (AvgIpc) is 2.01. The molecule has 0 aliphatic heterocycles. The van der Waals surface area contributed by atoms with Crippen molar-refractivity contribution in [3.63, 3.8) is 0 Å². The van der Waals surface area contributed by atoms with Crippen molar-refractivity contribution in [3.8, 4) is 0 Å². The Morgan fingerprint density at radius 1 is 1.15 bits per heavy atom. The minimum atomic E-state index is -1.73. The van der Waals surface area contributed by atoms with E-state index in [1.54, 1.807) is 12.1 Å². The van der Waals surface area contributed by atoms with Crippen molar-refractivity contribution in [2.24, 2.45) is 0 Å². The Hall–Kier alpha value is 0.690. The topological polar surface area (TPSA) is 9.23 Å². The molecule has 1 aromatic carbocycles. The number of rotatable bonds is 2. The molecule has 0 fully saturated rings. The zero-order valence-electron chi connectivity index (χ0n) is 6.14. The quantitative estimate of drug-likeness (QED) is 0.573. The van der Waals surface area contributed by atoms with E-state index in [9.17, 15) is 0 Å². The van der Waals surface area contributed by atoms with Crippen LogP contribution in [0.5, 0.6) is 0 Å². The molecule has 0 unspecified atom stereocenters. The summed E-state index contributed by atoms with van der Waals surface area (Å²) >= 11 is 22.9. The highest BCUT2D eigenvalue weighted by Crippen LogP contribution is 2.37. The third-order valence-electron chi connectivity index (χ3n) is 1.06. The Labute approximate surface area is 100 Å². The van der Waals surface area contributed by atoms with Crippen molar-refractivity contribution in [3.05, 3.63) is 29.3 Å². The minimum absolute atomic E-state index is 0.557. The molecule has 0 spiro atoms. The van der Waals surface area contributed by atoms with Gasteiger partial charge in [0.05, 0.1) is 9.92 Å². The number of hydrogen-bond donors (Lipinski definition) is 0. The van der Waals surface area contributed by atoms with Crippen molar-refractivity contribution in [2.45, 2.75) is 8.87 Å². The second kappa shape index (κ2) is 4.96. The Bertz CT molecular complexity index is 286. The SMILES string of the molecule is Clc1ccccc1SOC(Cl)(Cl)Cl. The summed E-state index contributed by atoms with van der Waals surface area (Å²) in [6.45, 7) is 0. The molecule has 0 amide bonds. The second-order valence-electron chi connectivity index (χ2n) is 2.04. The van der Waals surface area contributed by atoms with Gasteiger partial charge >= 0.3 is 3.98 Å². The smallest absolute Gasteiger partial charge is 0.258 e. The third kappa shape index (κ3) is 4.63. The molecule has 1 nitrogen and oxygen atoms in total. The van der Waals surface area contributed by atoms with Crippen LogP contribution in [-0.2, 0) is 4.18 Å². The van der Waals surface area contributed by atoms with Crippen LogP contribution in [0.3, 0.4) is 0 Å². The van der Waals surface area contributed by atoms with Crippen molar-refractivity contribution < 1.29 is 4.18 Å². The standard InChI is InChI=1S/C7H4Cl4OS/c8-5-3-1-2-4-6(5)13-12-7(9,10)11/h1-4H. The van der Waals surface area contributed by atoms with E-state index < -0.39 is 3.98 Å². The summed E-state index contributed by atoms with van der Waals surface area (Å²) < 4.78 is 3.09. The van der Waals surface area contributed by atoms with Crippen LogP contribution in [0.1, 0.15) is 0 Å². The lowest BCUT2D eigenvalue weighted by Crippen LogP contribution is -2.01. The maximum Gasteiger partial charge on any atom is 0.308 e. The van der Waals surface area contributed by atoms with Crippen LogP contribution < -0.4 is 0 Å². The molecule has 0 aliphatic carbocycles. The highest BCUT2D eigenvalue weighted by atomic mass is 35.6. The van der Waals surface area contributed by atoms with Crippen molar-refractivity contribution in [1.82, 2.24) is 0 Å². The van der Waals surface area contributed by atoms with Crippen LogP contribution in [0.25, 0.3) is 0 Å². The lowest BCUT2D eigenvalue weighted by Gasteiger charge is -2.10. The zero-order valence-corrected chi connectivity index (χ0v) is 9.98. The van der Waals surface area contributed by atoms with E-state index in [4.69, 9.17) is 50.6 Å². The molecule has 6 heteroatoms. The lowest BCUT2D eigenvalue weighted by molar-refractivity contribution is 0.381. The van der Waals surface area contributed by atoms with Gasteiger partial charge in [-0.3, -0.25) is 4.18 Å². The number of halogens is 4. The van der Waals surface area contributed by atoms with E-state index in [0.717, 1.165) is 12.0 Å². The molecule has 0 atom stereocenters. The summed E-state index contributed by atoms with van der Waals surface area (Å²) in [5.41, 5.74) is 0. The van der Waals surface area contributed by atoms with Crippen molar-refractivity contribution >= 4 is 58.4 Å². The molecule has 72 valence electrons. The van der Waals surface area contributed by atoms with E-state index in [1.165, 1.54) is 0 Å². The van der Waals surface area contributed by atoms with Gasteiger partial charge in [0.25, 0.3) is 0 Å². The fourth-order valence-electron chi connectivity index (χ4n) is 0.604. The molecule has 0 radical (unpaired) electrons. The van der Waals surface area contributed by atoms with Crippen LogP contribution in [0.4, 0.5) is 0 Å². The van der Waals surface area contributed by atoms with Crippen LogP contribution in [0.2, 0.25) is 5.02 Å². The molecule has 0 N–H and O–H groups in total. The fourth-order valence-corrected chi connectivity index (χ4v) is 1.58. The lowest BCUT2D eigenvalue weighted by atomic mass is 10.4. The molecule has 0 aromatic heterocycles. The largest absolute Gasteiger partial charge is 0.308 e. The van der Waals surface area contributed by atoms with Crippen molar-refractivity contribution in [2.75, 3.05) is 0 Å². The van der Waals surface area contributed by atoms with E-state index in [2.05, 4.69) is 0 Å². The van der Waals surface area contributed by atoms with Crippen molar-refractivity contribution in [1.29, 1.82) is 0 Å². The third-order valence-corrected chi connectivity index (χ3v) is 2.88. The fraction of sp³-hybridized carbons (Fsp3) is 0.143. The molecular weight excluding hydrogens is 274 g/mol. The number of hydrogen-bond acceptors (Lipinski definition) is 2. The summed E-state index contributed by atoms with van der Waals surface area (Å²) in [7, 11) is 0. The van der Waals surface area contributed by atoms with Gasteiger partial charge in [0.1, 0.15) is 0 Å². The highest BCUT2D eigenvalue weighted by Gasteiger charge is 2.21. The molecule has 0 heterocycles. The van der Waals surface area contributed by atoms with Gasteiger partial charge in [-0.25, -0.2) is 0 Å². The Morgan fingerprint density at radius 3 is 2.31 bits per heavy atom. The van der Waals surface area contributed by atoms with E-state index in [1.807, 2.05) is 12.1 Å². The van der Waals surface area contributed by atoms with Gasteiger partial charge in [0, 0.05) is 12.0 Å². The van der Waals surface area contributed by atoms with Gasteiger partial charge in [0.15, 0.2) is 0 Å². The first-order chi connectivity index (χ1) is 5.99. The monoisotopic (exact) mass is 276 g/mol. The molecular formula is C7H4Cl4OS. The van der Waals surface area contributed by atoms with Crippen LogP contribution in [0, 0.1) is 0 Å². The molecule has 1 aromatic rings. The van der Waals surface area contributed by atoms with Gasteiger partial charge in [-0.05, 0) is 12.1 Å². The van der Waals surface area contributed by atoms with Gasteiger partial charge in [-0.1, -0.05) is 58.5 Å². The van der Waals surface area contributed by atoms with E-state index in [0.29, 0.717) is 9.92 Å². The molecule has 0 saturated heterocycles. The van der Waals surface area contributed by atoms with E-state index in [-0.39, 0.29) is 0 Å². The first kappa shape index (κ1) is 11.8. The Morgan fingerprint density at radius 2 is 1.77 bits per heavy atom. The zero-order chi connectivity index (χ0) is 9.90. The predicted octanol–water partition coefficient (Wildman–Crippen LogP) is 4.69. The summed E-state index contributed by atoms with van der Waals surface area (Å²) in [5.74, 6) is 0. The minimum Gasteiger partial charge on any atom is -0.258 e. The number of benzene rings is 1. The second-order valence-corrected chi connectivity index (χ2v) is 5.40. The average molecular weight is 278 g/mol. The van der Waals surface area contributed by atoms with E-state index >= 15 is 0 Å². The molecule has 0 aliphatic rings. The first-order valence-corrected chi connectivity index (χ1v) is 5.41. The van der Waals surface area contributed by atoms with Gasteiger partial charge in [-0.15, -0.1) is 0 Å². The number of alkyl halides is 3. The molecule has 1 rings (SSSR count).